The molecule has 1 saturated heterocycles. The first-order valence-corrected chi connectivity index (χ1v) is 8.36. The summed E-state index contributed by atoms with van der Waals surface area (Å²) in [7, 11) is 0. The molecule has 21 heavy (non-hydrogen) atoms. The fourth-order valence-corrected chi connectivity index (χ4v) is 3.68. The van der Waals surface area contributed by atoms with Gasteiger partial charge < -0.3 is 10.2 Å². The number of benzene rings is 1. The van der Waals surface area contributed by atoms with E-state index >= 15 is 0 Å². The van der Waals surface area contributed by atoms with Gasteiger partial charge in [0.15, 0.2) is 0 Å². The summed E-state index contributed by atoms with van der Waals surface area (Å²) in [6, 6.07) is 12.5. The van der Waals surface area contributed by atoms with Crippen molar-refractivity contribution in [3.8, 4) is 0 Å². The van der Waals surface area contributed by atoms with Crippen LogP contribution in [0.15, 0.2) is 41.8 Å². The van der Waals surface area contributed by atoms with Gasteiger partial charge in [0.05, 0.1) is 6.04 Å². The fourth-order valence-electron chi connectivity index (χ4n) is 2.81. The van der Waals surface area contributed by atoms with Gasteiger partial charge in [0.25, 0.3) is 0 Å². The molecule has 3 rings (SSSR count). The minimum Gasteiger partial charge on any atom is -0.317 e. The lowest BCUT2D eigenvalue weighted by Crippen LogP contribution is -2.34. The number of thiophene rings is 1. The fraction of sp³-hybridized carbons (Fsp3) is 0.353. The van der Waals surface area contributed by atoms with E-state index in [-0.39, 0.29) is 12.1 Å². The average molecular weight is 300 g/mol. The SMILES string of the molecule is CCc1ccc(NC(=O)N2CCC[C@H]2c2cccs2)cc1. The lowest BCUT2D eigenvalue weighted by Gasteiger charge is -2.24. The Bertz CT molecular complexity index is 592. The highest BCUT2D eigenvalue weighted by atomic mass is 32.1. The number of urea groups is 1. The molecule has 1 atom stereocenters. The lowest BCUT2D eigenvalue weighted by atomic mass is 10.1. The Morgan fingerprint density at radius 3 is 2.81 bits per heavy atom. The Morgan fingerprint density at radius 2 is 2.14 bits per heavy atom. The van der Waals surface area contributed by atoms with Gasteiger partial charge in [0, 0.05) is 17.1 Å². The maximum absolute atomic E-state index is 12.5. The van der Waals surface area contributed by atoms with E-state index in [4.69, 9.17) is 0 Å². The average Bonchev–Trinajstić information content (AvgIpc) is 3.18. The molecule has 0 bridgehead atoms. The zero-order chi connectivity index (χ0) is 14.7. The molecule has 0 aliphatic carbocycles. The molecule has 2 aromatic rings. The summed E-state index contributed by atoms with van der Waals surface area (Å²) in [4.78, 5) is 15.7. The highest BCUT2D eigenvalue weighted by Gasteiger charge is 2.30. The zero-order valence-corrected chi connectivity index (χ0v) is 13.0. The van der Waals surface area contributed by atoms with Crippen LogP contribution in [0.25, 0.3) is 0 Å². The summed E-state index contributed by atoms with van der Waals surface area (Å²) in [5.41, 5.74) is 2.15. The van der Waals surface area contributed by atoms with Crippen LogP contribution >= 0.6 is 11.3 Å². The van der Waals surface area contributed by atoms with Crippen LogP contribution in [0.1, 0.15) is 36.2 Å². The third kappa shape index (κ3) is 3.10. The predicted molar refractivity (Wildman–Crippen MR) is 87.8 cm³/mol. The van der Waals surface area contributed by atoms with Crippen LogP contribution in [0.4, 0.5) is 10.5 Å². The van der Waals surface area contributed by atoms with Crippen LogP contribution in [0.5, 0.6) is 0 Å². The van der Waals surface area contributed by atoms with Crippen molar-refractivity contribution >= 4 is 23.1 Å². The Kier molecular flexibility index (Phi) is 4.25. The molecule has 4 heteroatoms. The molecule has 0 spiro atoms. The van der Waals surface area contributed by atoms with Crippen molar-refractivity contribution in [2.45, 2.75) is 32.2 Å². The second-order valence-electron chi connectivity index (χ2n) is 5.35. The van der Waals surface area contributed by atoms with Gasteiger partial charge in [-0.3, -0.25) is 0 Å². The Hall–Kier alpha value is -1.81. The number of nitrogens with one attached hydrogen (secondary N) is 1. The third-order valence-corrected chi connectivity index (χ3v) is 4.97. The summed E-state index contributed by atoms with van der Waals surface area (Å²) in [5.74, 6) is 0. The van der Waals surface area contributed by atoms with Crippen molar-refractivity contribution < 1.29 is 4.79 Å². The number of aryl methyl sites for hydroxylation is 1. The van der Waals surface area contributed by atoms with Crippen molar-refractivity contribution in [2.24, 2.45) is 0 Å². The molecule has 0 saturated carbocycles. The largest absolute Gasteiger partial charge is 0.322 e. The molecule has 110 valence electrons. The summed E-state index contributed by atoms with van der Waals surface area (Å²) < 4.78 is 0. The van der Waals surface area contributed by atoms with Crippen LogP contribution in [0.2, 0.25) is 0 Å². The van der Waals surface area contributed by atoms with Crippen LogP contribution in [0.3, 0.4) is 0 Å². The van der Waals surface area contributed by atoms with Gasteiger partial charge in [-0.15, -0.1) is 11.3 Å². The first kappa shape index (κ1) is 14.1. The van der Waals surface area contributed by atoms with Crippen molar-refractivity contribution in [1.29, 1.82) is 0 Å². The normalized spacial score (nSPS) is 18.0. The van der Waals surface area contributed by atoms with Crippen molar-refractivity contribution in [3.63, 3.8) is 0 Å². The van der Waals surface area contributed by atoms with Crippen LogP contribution in [-0.2, 0) is 6.42 Å². The summed E-state index contributed by atoms with van der Waals surface area (Å²) in [6.07, 6.45) is 3.15. The molecule has 2 heterocycles. The second kappa shape index (κ2) is 6.31. The van der Waals surface area contributed by atoms with Crippen LogP contribution < -0.4 is 5.32 Å². The first-order valence-electron chi connectivity index (χ1n) is 7.48. The van der Waals surface area contributed by atoms with Gasteiger partial charge in [-0.05, 0) is 48.4 Å². The van der Waals surface area contributed by atoms with Crippen molar-refractivity contribution in [1.82, 2.24) is 4.90 Å². The number of hydrogen-bond acceptors (Lipinski definition) is 2. The Labute approximate surface area is 129 Å². The van der Waals surface area contributed by atoms with E-state index in [1.807, 2.05) is 17.0 Å². The van der Waals surface area contributed by atoms with E-state index in [0.717, 1.165) is 31.5 Å². The number of anilines is 1. The summed E-state index contributed by atoms with van der Waals surface area (Å²) >= 11 is 1.73. The number of carbonyl (C=O) groups is 1. The molecule has 0 unspecified atom stereocenters. The smallest absolute Gasteiger partial charge is 0.317 e. The zero-order valence-electron chi connectivity index (χ0n) is 12.2. The molecular formula is C17H20N2OS. The minimum atomic E-state index is 0.00940. The first-order chi connectivity index (χ1) is 10.3. The highest BCUT2D eigenvalue weighted by Crippen LogP contribution is 2.34. The minimum absolute atomic E-state index is 0.00940. The Balaban J connectivity index is 1.69. The van der Waals surface area contributed by atoms with E-state index in [2.05, 4.69) is 41.9 Å². The van der Waals surface area contributed by atoms with Crippen molar-refractivity contribution in [3.05, 3.63) is 52.2 Å². The molecular weight excluding hydrogens is 280 g/mol. The monoisotopic (exact) mass is 300 g/mol. The maximum atomic E-state index is 12.5. The van der Waals surface area contributed by atoms with E-state index < -0.39 is 0 Å². The number of rotatable bonds is 3. The number of likely N-dealkylation sites (tertiary alicyclic amines) is 1. The molecule has 3 nitrogen and oxygen atoms in total. The number of amides is 2. The van der Waals surface area contributed by atoms with E-state index in [1.165, 1.54) is 10.4 Å². The molecule has 1 N–H and O–H groups in total. The van der Waals surface area contributed by atoms with E-state index in [1.54, 1.807) is 11.3 Å². The molecule has 1 fully saturated rings. The van der Waals surface area contributed by atoms with Crippen LogP contribution in [0, 0.1) is 0 Å². The van der Waals surface area contributed by atoms with Gasteiger partial charge >= 0.3 is 6.03 Å². The molecule has 1 aromatic heterocycles. The van der Waals surface area contributed by atoms with Crippen LogP contribution in [-0.4, -0.2) is 17.5 Å². The molecule has 1 aliphatic heterocycles. The Morgan fingerprint density at radius 1 is 1.33 bits per heavy atom. The second-order valence-corrected chi connectivity index (χ2v) is 6.33. The molecule has 0 radical (unpaired) electrons. The van der Waals surface area contributed by atoms with E-state index in [0.29, 0.717) is 0 Å². The molecule has 1 aromatic carbocycles. The molecule has 2 amide bonds. The van der Waals surface area contributed by atoms with Gasteiger partial charge in [-0.1, -0.05) is 25.1 Å². The van der Waals surface area contributed by atoms with Gasteiger partial charge in [0.1, 0.15) is 0 Å². The summed E-state index contributed by atoms with van der Waals surface area (Å²) in [5, 5.41) is 5.10. The van der Waals surface area contributed by atoms with Gasteiger partial charge in [0.2, 0.25) is 0 Å². The summed E-state index contributed by atoms with van der Waals surface area (Å²) in [6.45, 7) is 2.96. The number of hydrogen-bond donors (Lipinski definition) is 1. The standard InChI is InChI=1S/C17H20N2OS/c1-2-13-7-9-14(10-8-13)18-17(20)19-11-3-5-15(19)16-6-4-12-21-16/h4,6-10,12,15H,2-3,5,11H2,1H3,(H,18,20)/t15-/m0/s1. The van der Waals surface area contributed by atoms with Gasteiger partial charge in [-0.2, -0.15) is 0 Å². The van der Waals surface area contributed by atoms with Gasteiger partial charge in [-0.25, -0.2) is 4.79 Å². The quantitative estimate of drug-likeness (QED) is 0.877. The molecule has 1 aliphatic rings. The van der Waals surface area contributed by atoms with Crippen molar-refractivity contribution in [2.75, 3.05) is 11.9 Å². The number of carbonyl (C=O) groups excluding carboxylic acids is 1. The predicted octanol–water partition coefficient (Wildman–Crippen LogP) is 4.68. The lowest BCUT2D eigenvalue weighted by molar-refractivity contribution is 0.208. The number of nitrogens with zero attached hydrogens (tertiary/aromatic N) is 1. The topological polar surface area (TPSA) is 32.3 Å². The third-order valence-electron chi connectivity index (χ3n) is 4.00. The van der Waals surface area contributed by atoms with E-state index in [9.17, 15) is 4.79 Å². The maximum Gasteiger partial charge on any atom is 0.322 e. The highest BCUT2D eigenvalue weighted by molar-refractivity contribution is 7.10.